The molecule has 0 bridgehead atoms. The highest BCUT2D eigenvalue weighted by molar-refractivity contribution is 5.32. The molecule has 1 saturated heterocycles. The van der Waals surface area contributed by atoms with E-state index in [-0.39, 0.29) is 17.2 Å². The van der Waals surface area contributed by atoms with Crippen LogP contribution in [0.25, 0.3) is 0 Å². The quantitative estimate of drug-likeness (QED) is 0.927. The Kier molecular flexibility index (Phi) is 4.54. The monoisotopic (exact) mass is 292 g/mol. The van der Waals surface area contributed by atoms with Crippen molar-refractivity contribution >= 4 is 5.95 Å². The van der Waals surface area contributed by atoms with Gasteiger partial charge >= 0.3 is 0 Å². The van der Waals surface area contributed by atoms with Crippen molar-refractivity contribution < 1.29 is 4.74 Å². The van der Waals surface area contributed by atoms with Crippen molar-refractivity contribution in [2.75, 3.05) is 18.0 Å². The van der Waals surface area contributed by atoms with Crippen molar-refractivity contribution in [3.63, 3.8) is 0 Å². The molecule has 1 aliphatic rings. The number of nitrogens with one attached hydrogen (secondary N) is 1. The molecule has 1 fully saturated rings. The second-order valence-electron chi connectivity index (χ2n) is 7.56. The Morgan fingerprint density at radius 1 is 1.33 bits per heavy atom. The summed E-state index contributed by atoms with van der Waals surface area (Å²) in [5.41, 5.74) is 1.05. The van der Waals surface area contributed by atoms with Crippen LogP contribution in [0.15, 0.2) is 12.4 Å². The molecule has 2 rings (SSSR count). The minimum absolute atomic E-state index is 0.0995. The minimum atomic E-state index is -0.159. The largest absolute Gasteiger partial charge is 0.369 e. The smallest absolute Gasteiger partial charge is 0.225 e. The van der Waals surface area contributed by atoms with Gasteiger partial charge in [-0.2, -0.15) is 0 Å². The number of ether oxygens (including phenoxy) is 1. The van der Waals surface area contributed by atoms with E-state index >= 15 is 0 Å². The summed E-state index contributed by atoms with van der Waals surface area (Å²) in [7, 11) is 0. The molecule has 1 unspecified atom stereocenters. The van der Waals surface area contributed by atoms with Crippen LogP contribution in [0.5, 0.6) is 0 Å². The van der Waals surface area contributed by atoms with Gasteiger partial charge in [0.05, 0.1) is 11.7 Å². The summed E-state index contributed by atoms with van der Waals surface area (Å²) < 4.78 is 5.92. The molecule has 5 heteroatoms. The molecule has 1 atom stereocenters. The fraction of sp³-hybridized carbons (Fsp3) is 0.750. The average molecular weight is 292 g/mol. The van der Waals surface area contributed by atoms with Crippen LogP contribution >= 0.6 is 0 Å². The van der Waals surface area contributed by atoms with Gasteiger partial charge in [0.25, 0.3) is 0 Å². The second kappa shape index (κ2) is 5.89. The summed E-state index contributed by atoms with van der Waals surface area (Å²) >= 11 is 0. The molecule has 118 valence electrons. The molecule has 0 aromatic carbocycles. The van der Waals surface area contributed by atoms with E-state index in [0.29, 0.717) is 0 Å². The standard InChI is InChI=1S/C16H28N4O/c1-12-10-20(11-16(5,6)21-12)14-17-7-13(8-18-14)9-19-15(2,3)4/h7-8,12,19H,9-11H2,1-6H3. The summed E-state index contributed by atoms with van der Waals surface area (Å²) in [5, 5.41) is 3.44. The number of anilines is 1. The maximum atomic E-state index is 5.92. The van der Waals surface area contributed by atoms with Crippen LogP contribution in [0.2, 0.25) is 0 Å². The molecule has 0 radical (unpaired) electrons. The minimum Gasteiger partial charge on any atom is -0.369 e. The fourth-order valence-electron chi connectivity index (χ4n) is 2.58. The molecule has 0 saturated carbocycles. The SMILES string of the molecule is CC1CN(c2ncc(CNC(C)(C)C)cn2)CC(C)(C)O1. The Morgan fingerprint density at radius 2 is 1.95 bits per heavy atom. The third-order valence-electron chi connectivity index (χ3n) is 3.37. The van der Waals surface area contributed by atoms with Crippen LogP contribution in [-0.4, -0.2) is 40.3 Å². The summed E-state index contributed by atoms with van der Waals surface area (Å²) in [6.07, 6.45) is 4.02. The van der Waals surface area contributed by atoms with Gasteiger partial charge in [-0.3, -0.25) is 0 Å². The summed E-state index contributed by atoms with van der Waals surface area (Å²) in [6.45, 7) is 15.2. The van der Waals surface area contributed by atoms with Crippen LogP contribution in [0, 0.1) is 0 Å². The molecule has 0 spiro atoms. The third-order valence-corrected chi connectivity index (χ3v) is 3.37. The maximum Gasteiger partial charge on any atom is 0.225 e. The highest BCUT2D eigenvalue weighted by atomic mass is 16.5. The molecule has 2 heterocycles. The summed E-state index contributed by atoms with van der Waals surface area (Å²) in [4.78, 5) is 11.2. The van der Waals surface area contributed by atoms with Crippen LogP contribution in [0.1, 0.15) is 47.1 Å². The first-order valence-electron chi connectivity index (χ1n) is 7.63. The predicted molar refractivity (Wildman–Crippen MR) is 85.5 cm³/mol. The molecule has 5 nitrogen and oxygen atoms in total. The van der Waals surface area contributed by atoms with Crippen molar-refractivity contribution in [3.8, 4) is 0 Å². The lowest BCUT2D eigenvalue weighted by Gasteiger charge is -2.41. The van der Waals surface area contributed by atoms with E-state index in [1.807, 2.05) is 12.4 Å². The van der Waals surface area contributed by atoms with Gasteiger partial charge in [0.2, 0.25) is 5.95 Å². The first kappa shape index (κ1) is 16.2. The van der Waals surface area contributed by atoms with Gasteiger partial charge in [0.1, 0.15) is 0 Å². The van der Waals surface area contributed by atoms with Crippen LogP contribution in [0.4, 0.5) is 5.95 Å². The third kappa shape index (κ3) is 4.93. The van der Waals surface area contributed by atoms with E-state index in [1.165, 1.54) is 0 Å². The van der Waals surface area contributed by atoms with Crippen LogP contribution in [0.3, 0.4) is 0 Å². The molecule has 1 aromatic rings. The van der Waals surface area contributed by atoms with Gasteiger partial charge in [-0.15, -0.1) is 0 Å². The number of hydrogen-bond donors (Lipinski definition) is 1. The Balaban J connectivity index is 2.01. The number of aromatic nitrogens is 2. The first-order chi connectivity index (χ1) is 9.65. The zero-order chi connectivity index (χ0) is 15.7. The lowest BCUT2D eigenvalue weighted by atomic mass is 10.1. The molecule has 1 aliphatic heterocycles. The predicted octanol–water partition coefficient (Wildman–Crippen LogP) is 2.37. The van der Waals surface area contributed by atoms with E-state index in [9.17, 15) is 0 Å². The Labute approximate surface area is 128 Å². The number of hydrogen-bond acceptors (Lipinski definition) is 5. The summed E-state index contributed by atoms with van der Waals surface area (Å²) in [5.74, 6) is 0.790. The van der Waals surface area contributed by atoms with Gasteiger partial charge in [-0.25, -0.2) is 9.97 Å². The van der Waals surface area contributed by atoms with Crippen molar-refractivity contribution in [1.82, 2.24) is 15.3 Å². The van der Waals surface area contributed by atoms with Crippen LogP contribution < -0.4 is 10.2 Å². The van der Waals surface area contributed by atoms with Gasteiger partial charge in [0.15, 0.2) is 0 Å². The first-order valence-corrected chi connectivity index (χ1v) is 7.63. The van der Waals surface area contributed by atoms with E-state index < -0.39 is 0 Å². The van der Waals surface area contributed by atoms with E-state index in [0.717, 1.165) is 31.1 Å². The topological polar surface area (TPSA) is 50.3 Å². The Hall–Kier alpha value is -1.20. The number of nitrogens with zero attached hydrogens (tertiary/aromatic N) is 3. The van der Waals surface area contributed by atoms with Gasteiger partial charge in [-0.05, 0) is 41.5 Å². The maximum absolute atomic E-state index is 5.92. The molecule has 0 amide bonds. The fourth-order valence-corrected chi connectivity index (χ4v) is 2.58. The van der Waals surface area contributed by atoms with E-state index in [4.69, 9.17) is 4.74 Å². The van der Waals surface area contributed by atoms with Crippen molar-refractivity contribution in [2.24, 2.45) is 0 Å². The van der Waals surface area contributed by atoms with Crippen LogP contribution in [-0.2, 0) is 11.3 Å². The van der Waals surface area contributed by atoms with Crippen molar-refractivity contribution in [1.29, 1.82) is 0 Å². The van der Waals surface area contributed by atoms with Crippen molar-refractivity contribution in [2.45, 2.75) is 65.3 Å². The van der Waals surface area contributed by atoms with Gasteiger partial charge < -0.3 is 15.0 Å². The van der Waals surface area contributed by atoms with Gasteiger partial charge in [-0.1, -0.05) is 0 Å². The number of morpholine rings is 1. The zero-order valence-electron chi connectivity index (χ0n) is 14.1. The van der Waals surface area contributed by atoms with E-state index in [1.54, 1.807) is 0 Å². The molecule has 1 aromatic heterocycles. The lowest BCUT2D eigenvalue weighted by molar-refractivity contribution is -0.0753. The summed E-state index contributed by atoms with van der Waals surface area (Å²) in [6, 6.07) is 0. The Morgan fingerprint density at radius 3 is 2.48 bits per heavy atom. The molecular formula is C16H28N4O. The molecule has 1 N–H and O–H groups in total. The molecular weight excluding hydrogens is 264 g/mol. The highest BCUT2D eigenvalue weighted by Gasteiger charge is 2.32. The van der Waals surface area contributed by atoms with Crippen molar-refractivity contribution in [3.05, 3.63) is 18.0 Å². The van der Waals surface area contributed by atoms with Gasteiger partial charge in [0, 0.05) is 43.1 Å². The number of rotatable bonds is 3. The zero-order valence-corrected chi connectivity index (χ0v) is 14.1. The second-order valence-corrected chi connectivity index (χ2v) is 7.56. The highest BCUT2D eigenvalue weighted by Crippen LogP contribution is 2.23. The lowest BCUT2D eigenvalue weighted by Crippen LogP contribution is -2.52. The Bertz CT molecular complexity index is 464. The molecule has 0 aliphatic carbocycles. The average Bonchev–Trinajstić information content (AvgIpc) is 2.33. The normalized spacial score (nSPS) is 22.4. The molecule has 21 heavy (non-hydrogen) atoms. The van der Waals surface area contributed by atoms with E-state index in [2.05, 4.69) is 61.7 Å².